The van der Waals surface area contributed by atoms with Crippen LogP contribution in [0.15, 0.2) is 60.8 Å². The van der Waals surface area contributed by atoms with E-state index in [0.717, 1.165) is 44.2 Å². The maximum atomic E-state index is 11.8. The van der Waals surface area contributed by atoms with Crippen molar-refractivity contribution in [3.63, 3.8) is 0 Å². The number of hydrogen-bond acceptors (Lipinski definition) is 7. The lowest BCUT2D eigenvalue weighted by Crippen LogP contribution is -2.40. The van der Waals surface area contributed by atoms with Gasteiger partial charge in [0.05, 0.1) is 22.5 Å². The molecular formula is C33H40N4O3S2. The average Bonchev–Trinajstić information content (AvgIpc) is 3.95. The van der Waals surface area contributed by atoms with Crippen molar-refractivity contribution >= 4 is 32.8 Å². The number of nitrogens with one attached hydrogen (secondary N) is 1. The van der Waals surface area contributed by atoms with Gasteiger partial charge in [-0.05, 0) is 61.8 Å². The van der Waals surface area contributed by atoms with Gasteiger partial charge in [-0.15, -0.1) is 11.3 Å². The number of hydrogen-bond donors (Lipinski definition) is 1. The molecule has 9 heteroatoms. The number of nitrogens with zero attached hydrogens (tertiary/aromatic N) is 3. The Balaban J connectivity index is 0.000000208. The van der Waals surface area contributed by atoms with Crippen LogP contribution in [0, 0.1) is 17.2 Å². The Kier molecular flexibility index (Phi) is 8.12. The Hall–Kier alpha value is -3.22. The summed E-state index contributed by atoms with van der Waals surface area (Å²) in [4.78, 5) is 19.9. The molecule has 42 heavy (non-hydrogen) atoms. The molecular weight excluding hydrogens is 565 g/mol. The Morgan fingerprint density at radius 3 is 2.24 bits per heavy atom. The largest absolute Gasteiger partial charge is 0.369 e. The van der Waals surface area contributed by atoms with Crippen LogP contribution in [0.3, 0.4) is 0 Å². The predicted octanol–water partition coefficient (Wildman–Crippen LogP) is 6.11. The molecule has 3 aromatic rings. The van der Waals surface area contributed by atoms with Crippen molar-refractivity contribution in [1.29, 1.82) is 5.26 Å². The minimum absolute atomic E-state index is 0. The zero-order chi connectivity index (χ0) is 29.2. The minimum atomic E-state index is -2.85. The van der Waals surface area contributed by atoms with Crippen LogP contribution in [0.2, 0.25) is 0 Å². The number of sulfone groups is 1. The second kappa shape index (κ2) is 11.8. The second-order valence-electron chi connectivity index (χ2n) is 12.2. The first-order valence-electron chi connectivity index (χ1n) is 15.1. The number of benzene rings is 2. The van der Waals surface area contributed by atoms with Gasteiger partial charge in [0, 0.05) is 37.7 Å². The fourth-order valence-electron chi connectivity index (χ4n) is 6.04. The maximum Gasteiger partial charge on any atom is 0.224 e. The third-order valence-corrected chi connectivity index (χ3v) is 12.0. The molecule has 222 valence electrons. The highest BCUT2D eigenvalue weighted by molar-refractivity contribution is 7.91. The summed E-state index contributed by atoms with van der Waals surface area (Å²) in [6, 6.07) is 21.3. The van der Waals surface area contributed by atoms with Crippen LogP contribution in [-0.2, 0) is 20.0 Å². The number of carbonyl (C=O) groups excluding carboxylic acids is 1. The summed E-state index contributed by atoms with van der Waals surface area (Å²) in [5.41, 5.74) is 3.26. The lowest BCUT2D eigenvalue weighted by molar-refractivity contribution is -0.126. The van der Waals surface area contributed by atoms with Gasteiger partial charge in [-0.2, -0.15) is 5.26 Å². The predicted molar refractivity (Wildman–Crippen MR) is 169 cm³/mol. The molecule has 4 aliphatic rings. The molecule has 1 amide bonds. The van der Waals surface area contributed by atoms with Crippen LogP contribution < -0.4 is 10.2 Å². The highest BCUT2D eigenvalue weighted by Gasteiger charge is 2.48. The number of carbonyl (C=O) groups is 1. The van der Waals surface area contributed by atoms with E-state index in [2.05, 4.69) is 70.9 Å². The minimum Gasteiger partial charge on any atom is -0.369 e. The molecule has 1 aliphatic heterocycles. The van der Waals surface area contributed by atoms with Gasteiger partial charge in [0.2, 0.25) is 5.91 Å². The molecule has 4 fully saturated rings. The lowest BCUT2D eigenvalue weighted by Gasteiger charge is -2.28. The Bertz CT molecular complexity index is 1540. The van der Waals surface area contributed by atoms with Crippen LogP contribution in [-0.4, -0.2) is 49.4 Å². The topological polar surface area (TPSA) is 103 Å². The van der Waals surface area contributed by atoms with Crippen molar-refractivity contribution in [2.75, 3.05) is 29.5 Å². The van der Waals surface area contributed by atoms with E-state index in [1.165, 1.54) is 40.3 Å². The molecule has 0 bridgehead atoms. The van der Waals surface area contributed by atoms with E-state index in [-0.39, 0.29) is 30.2 Å². The van der Waals surface area contributed by atoms with Crippen LogP contribution in [0.5, 0.6) is 0 Å². The van der Waals surface area contributed by atoms with E-state index < -0.39 is 15.4 Å². The molecule has 0 unspecified atom stereocenters. The molecule has 7 rings (SSSR count). The first-order chi connectivity index (χ1) is 20.3. The normalized spacial score (nSPS) is 21.7. The molecule has 1 saturated heterocycles. The van der Waals surface area contributed by atoms with Crippen molar-refractivity contribution in [3.05, 3.63) is 71.4 Å². The van der Waals surface area contributed by atoms with Gasteiger partial charge in [0.1, 0.15) is 10.5 Å². The van der Waals surface area contributed by atoms with Crippen LogP contribution in [0.4, 0.5) is 5.69 Å². The summed E-state index contributed by atoms with van der Waals surface area (Å²) in [5, 5.41) is 12.9. The van der Waals surface area contributed by atoms with E-state index in [4.69, 9.17) is 10.2 Å². The number of amides is 1. The van der Waals surface area contributed by atoms with Gasteiger partial charge in [-0.3, -0.25) is 4.79 Å². The first-order valence-corrected chi connectivity index (χ1v) is 17.8. The summed E-state index contributed by atoms with van der Waals surface area (Å²) in [6.07, 6.45) is 11.6. The standard InChI is InChI=1S/C22H22N2O2S2.C11H16N2O.H2/c25-28(26)14-12-24(13-15-28)19-8-6-17(7-9-19)20-16-23-21(27-20)22(10-11-22)18-4-2-1-3-5-18;12-8-11(6-7-11)13-10(14)9-4-2-1-3-5-9;/h1-9,16H,10-15H2;9H,1-7H2,(H,13,14);1H. The van der Waals surface area contributed by atoms with Gasteiger partial charge in [-0.1, -0.05) is 61.7 Å². The molecule has 1 N–H and O–H groups in total. The lowest BCUT2D eigenvalue weighted by atomic mass is 9.88. The zero-order valence-corrected chi connectivity index (χ0v) is 25.6. The number of anilines is 1. The van der Waals surface area contributed by atoms with E-state index in [1.54, 1.807) is 11.3 Å². The summed E-state index contributed by atoms with van der Waals surface area (Å²) < 4.78 is 23.3. The summed E-state index contributed by atoms with van der Waals surface area (Å²) in [7, 11) is -2.85. The van der Waals surface area contributed by atoms with Gasteiger partial charge < -0.3 is 10.2 Å². The van der Waals surface area contributed by atoms with Crippen molar-refractivity contribution < 1.29 is 14.6 Å². The number of aromatic nitrogens is 1. The molecule has 1 aromatic heterocycles. The molecule has 0 atom stereocenters. The highest BCUT2D eigenvalue weighted by Crippen LogP contribution is 2.55. The molecule has 7 nitrogen and oxygen atoms in total. The monoisotopic (exact) mass is 604 g/mol. The van der Waals surface area contributed by atoms with Gasteiger partial charge in [0.15, 0.2) is 9.84 Å². The smallest absolute Gasteiger partial charge is 0.224 e. The van der Waals surface area contributed by atoms with E-state index in [1.807, 2.05) is 6.20 Å². The summed E-state index contributed by atoms with van der Waals surface area (Å²) in [6.45, 7) is 1.15. The average molecular weight is 605 g/mol. The van der Waals surface area contributed by atoms with E-state index in [0.29, 0.717) is 13.1 Å². The van der Waals surface area contributed by atoms with Crippen LogP contribution >= 0.6 is 11.3 Å². The summed E-state index contributed by atoms with van der Waals surface area (Å²) in [5.74, 6) is 0.779. The van der Waals surface area contributed by atoms with Crippen molar-refractivity contribution in [3.8, 4) is 16.5 Å². The van der Waals surface area contributed by atoms with Crippen molar-refractivity contribution in [2.45, 2.75) is 68.7 Å². The number of thiazole rings is 1. The number of rotatable bonds is 6. The second-order valence-corrected chi connectivity index (χ2v) is 15.5. The maximum absolute atomic E-state index is 11.8. The molecule has 0 spiro atoms. The van der Waals surface area contributed by atoms with Crippen LogP contribution in [0.25, 0.3) is 10.4 Å². The fraction of sp³-hybridized carbons (Fsp3) is 0.485. The van der Waals surface area contributed by atoms with Gasteiger partial charge in [-0.25, -0.2) is 13.4 Å². The Labute approximate surface area is 254 Å². The summed E-state index contributed by atoms with van der Waals surface area (Å²) >= 11 is 1.79. The number of nitriles is 1. The van der Waals surface area contributed by atoms with Crippen molar-refractivity contribution in [1.82, 2.24) is 10.3 Å². The van der Waals surface area contributed by atoms with E-state index >= 15 is 0 Å². The SMILES string of the molecule is N#CC1(NC(=O)C2CCCCC2)CC1.O=S1(=O)CCN(c2ccc(-c3cnc(C4(c5ccccc5)CC4)s3)cc2)CC1.[HH]. The van der Waals surface area contributed by atoms with E-state index in [9.17, 15) is 13.2 Å². The molecule has 2 heterocycles. The molecule has 3 saturated carbocycles. The Morgan fingerprint density at radius 1 is 0.976 bits per heavy atom. The van der Waals surface area contributed by atoms with Crippen LogP contribution in [0.1, 0.15) is 69.8 Å². The third kappa shape index (κ3) is 6.40. The quantitative estimate of drug-likeness (QED) is 0.364. The fourth-order valence-corrected chi connectivity index (χ4v) is 8.43. The molecule has 0 radical (unpaired) electrons. The molecule has 2 aromatic carbocycles. The first kappa shape index (κ1) is 28.9. The van der Waals surface area contributed by atoms with Gasteiger partial charge >= 0.3 is 0 Å². The third-order valence-electron chi connectivity index (χ3n) is 9.16. The highest BCUT2D eigenvalue weighted by atomic mass is 32.2. The zero-order valence-electron chi connectivity index (χ0n) is 23.9. The van der Waals surface area contributed by atoms with Crippen molar-refractivity contribution in [2.24, 2.45) is 5.92 Å². The molecule has 3 aliphatic carbocycles. The Morgan fingerprint density at radius 2 is 1.64 bits per heavy atom. The van der Waals surface area contributed by atoms with Gasteiger partial charge in [0.25, 0.3) is 0 Å².